The molecule has 21 heavy (non-hydrogen) atoms. The largest absolute Gasteiger partial charge is 0.475 e. The van der Waals surface area contributed by atoms with Crippen molar-refractivity contribution in [2.45, 2.75) is 64.1 Å². The molecule has 0 spiro atoms. The zero-order valence-corrected chi connectivity index (χ0v) is 13.4. The number of hydrogen-bond donors (Lipinski definition) is 1. The van der Waals surface area contributed by atoms with Crippen LogP contribution in [0.15, 0.2) is 24.3 Å². The zero-order chi connectivity index (χ0) is 15.7. The van der Waals surface area contributed by atoms with Crippen molar-refractivity contribution >= 4 is 7.12 Å². The van der Waals surface area contributed by atoms with E-state index >= 15 is 0 Å². The minimum atomic E-state index is -0.358. The second kappa shape index (κ2) is 6.07. The summed E-state index contributed by atoms with van der Waals surface area (Å²) in [6.45, 7) is 8.10. The lowest BCUT2D eigenvalue weighted by Crippen LogP contribution is -2.41. The van der Waals surface area contributed by atoms with E-state index in [9.17, 15) is 4.39 Å². The molecule has 0 saturated carbocycles. The summed E-state index contributed by atoms with van der Waals surface area (Å²) in [4.78, 5) is 0. The third-order valence-electron chi connectivity index (χ3n) is 4.54. The Bertz CT molecular complexity index is 460. The Morgan fingerprint density at radius 3 is 2.14 bits per heavy atom. The van der Waals surface area contributed by atoms with E-state index in [1.165, 1.54) is 12.1 Å². The minimum absolute atomic E-state index is 0.147. The molecule has 2 N–H and O–H groups in total. The van der Waals surface area contributed by atoms with Crippen molar-refractivity contribution in [2.75, 3.05) is 0 Å². The Morgan fingerprint density at radius 2 is 1.62 bits per heavy atom. The average Bonchev–Trinajstić information content (AvgIpc) is 2.61. The van der Waals surface area contributed by atoms with Crippen LogP contribution in [0.1, 0.15) is 46.1 Å². The predicted octanol–water partition coefficient (Wildman–Crippen LogP) is 3.11. The molecular weight excluding hydrogens is 268 g/mol. The molecule has 1 fully saturated rings. The van der Waals surface area contributed by atoms with Crippen LogP contribution in [-0.2, 0) is 15.7 Å². The smallest absolute Gasteiger partial charge is 0.402 e. The maximum Gasteiger partial charge on any atom is 0.475 e. The molecule has 1 unspecified atom stereocenters. The van der Waals surface area contributed by atoms with Gasteiger partial charge in [-0.25, -0.2) is 4.39 Å². The van der Waals surface area contributed by atoms with Crippen LogP contribution in [0.4, 0.5) is 4.39 Å². The van der Waals surface area contributed by atoms with E-state index in [1.54, 1.807) is 0 Å². The van der Waals surface area contributed by atoms with Gasteiger partial charge in [-0.2, -0.15) is 0 Å². The summed E-state index contributed by atoms with van der Waals surface area (Å²) in [5, 5.41) is 0. The number of aryl methyl sites for hydroxylation is 1. The fourth-order valence-electron chi connectivity index (χ4n) is 2.39. The van der Waals surface area contributed by atoms with Gasteiger partial charge in [-0.1, -0.05) is 12.1 Å². The number of rotatable bonds is 5. The third kappa shape index (κ3) is 3.85. The van der Waals surface area contributed by atoms with Gasteiger partial charge in [-0.15, -0.1) is 0 Å². The fourth-order valence-corrected chi connectivity index (χ4v) is 2.39. The molecule has 5 heteroatoms. The molecule has 0 aliphatic carbocycles. The maximum absolute atomic E-state index is 12.8. The molecule has 1 aromatic carbocycles. The second-order valence-corrected chi connectivity index (χ2v) is 6.81. The van der Waals surface area contributed by atoms with E-state index in [4.69, 9.17) is 15.0 Å². The molecule has 1 aromatic rings. The SMILES string of the molecule is CC1(C)OB(C(N)CCCc2ccc(F)cc2)OC1(C)C. The summed E-state index contributed by atoms with van der Waals surface area (Å²) in [5.74, 6) is -0.348. The van der Waals surface area contributed by atoms with E-state index in [-0.39, 0.29) is 30.1 Å². The summed E-state index contributed by atoms with van der Waals surface area (Å²) in [6.07, 6.45) is 2.62. The van der Waals surface area contributed by atoms with Crippen LogP contribution in [0.3, 0.4) is 0 Å². The number of nitrogens with two attached hydrogens (primary N) is 1. The van der Waals surface area contributed by atoms with E-state index in [1.807, 2.05) is 39.8 Å². The summed E-state index contributed by atoms with van der Waals surface area (Å²) in [7, 11) is -0.358. The van der Waals surface area contributed by atoms with Crippen LogP contribution in [0, 0.1) is 5.82 Å². The van der Waals surface area contributed by atoms with Crippen LogP contribution in [0.5, 0.6) is 0 Å². The number of hydrogen-bond acceptors (Lipinski definition) is 3. The van der Waals surface area contributed by atoms with Crippen molar-refractivity contribution in [3.05, 3.63) is 35.6 Å². The number of benzene rings is 1. The standard InChI is InChI=1S/C16H25BFNO2/c1-15(2)16(3,4)21-17(20-15)14(19)7-5-6-12-8-10-13(18)11-9-12/h8-11,14H,5-7,19H2,1-4H3. The molecule has 0 amide bonds. The number of halogens is 1. The molecule has 116 valence electrons. The fraction of sp³-hybridized carbons (Fsp3) is 0.625. The van der Waals surface area contributed by atoms with Gasteiger partial charge >= 0.3 is 7.12 Å². The van der Waals surface area contributed by atoms with E-state index < -0.39 is 0 Å². The highest BCUT2D eigenvalue weighted by Crippen LogP contribution is 2.37. The summed E-state index contributed by atoms with van der Waals surface area (Å²) >= 11 is 0. The first-order valence-electron chi connectivity index (χ1n) is 7.57. The van der Waals surface area contributed by atoms with Crippen molar-refractivity contribution in [2.24, 2.45) is 5.73 Å². The Hall–Kier alpha value is -0.905. The molecule has 1 aliphatic heterocycles. The average molecular weight is 293 g/mol. The zero-order valence-electron chi connectivity index (χ0n) is 13.4. The Balaban J connectivity index is 1.80. The van der Waals surface area contributed by atoms with Crippen LogP contribution in [-0.4, -0.2) is 24.3 Å². The Kier molecular flexibility index (Phi) is 4.76. The van der Waals surface area contributed by atoms with E-state index in [0.29, 0.717) is 0 Å². The van der Waals surface area contributed by atoms with Crippen molar-refractivity contribution in [1.29, 1.82) is 0 Å². The molecule has 0 bridgehead atoms. The Morgan fingerprint density at radius 1 is 1.10 bits per heavy atom. The first-order valence-corrected chi connectivity index (χ1v) is 7.57. The molecule has 1 aliphatic rings. The van der Waals surface area contributed by atoms with Crippen LogP contribution in [0.25, 0.3) is 0 Å². The molecule has 2 rings (SSSR count). The lowest BCUT2D eigenvalue weighted by molar-refractivity contribution is 0.00578. The van der Waals surface area contributed by atoms with Gasteiger partial charge in [0.15, 0.2) is 0 Å². The highest BCUT2D eigenvalue weighted by Gasteiger charge is 2.52. The lowest BCUT2D eigenvalue weighted by Gasteiger charge is -2.32. The van der Waals surface area contributed by atoms with Crippen molar-refractivity contribution in [1.82, 2.24) is 0 Å². The Labute approximate surface area is 127 Å². The first-order chi connectivity index (χ1) is 9.71. The van der Waals surface area contributed by atoms with Crippen molar-refractivity contribution in [3.63, 3.8) is 0 Å². The first kappa shape index (κ1) is 16.5. The highest BCUT2D eigenvalue weighted by molar-refractivity contribution is 6.47. The van der Waals surface area contributed by atoms with Crippen LogP contribution in [0.2, 0.25) is 0 Å². The molecule has 1 saturated heterocycles. The van der Waals surface area contributed by atoms with Crippen molar-refractivity contribution in [3.8, 4) is 0 Å². The predicted molar refractivity (Wildman–Crippen MR) is 83.4 cm³/mol. The normalized spacial score (nSPS) is 21.5. The molecule has 0 radical (unpaired) electrons. The maximum atomic E-state index is 12.8. The lowest BCUT2D eigenvalue weighted by atomic mass is 9.76. The summed E-state index contributed by atoms with van der Waals surface area (Å²) in [6, 6.07) is 6.61. The molecule has 0 aromatic heterocycles. The molecule has 3 nitrogen and oxygen atoms in total. The topological polar surface area (TPSA) is 44.5 Å². The quantitative estimate of drug-likeness (QED) is 0.848. The molecular formula is C16H25BFNO2. The third-order valence-corrected chi connectivity index (χ3v) is 4.54. The van der Waals surface area contributed by atoms with Gasteiger partial charge in [0.05, 0.1) is 11.2 Å². The highest BCUT2D eigenvalue weighted by atomic mass is 19.1. The van der Waals surface area contributed by atoms with E-state index in [2.05, 4.69) is 0 Å². The van der Waals surface area contributed by atoms with Crippen LogP contribution >= 0.6 is 0 Å². The monoisotopic (exact) mass is 293 g/mol. The van der Waals surface area contributed by atoms with Gasteiger partial charge in [0.1, 0.15) is 5.82 Å². The van der Waals surface area contributed by atoms with Gasteiger partial charge in [0.2, 0.25) is 0 Å². The van der Waals surface area contributed by atoms with E-state index in [0.717, 1.165) is 24.8 Å². The summed E-state index contributed by atoms with van der Waals surface area (Å²) < 4.78 is 24.7. The molecule has 1 atom stereocenters. The molecule has 1 heterocycles. The van der Waals surface area contributed by atoms with Crippen LogP contribution < -0.4 is 5.73 Å². The second-order valence-electron chi connectivity index (χ2n) is 6.81. The minimum Gasteiger partial charge on any atom is -0.402 e. The van der Waals surface area contributed by atoms with Gasteiger partial charge in [-0.05, 0) is 64.7 Å². The van der Waals surface area contributed by atoms with Gasteiger partial charge in [0, 0.05) is 5.94 Å². The van der Waals surface area contributed by atoms with Gasteiger partial charge < -0.3 is 15.0 Å². The summed E-state index contributed by atoms with van der Waals surface area (Å²) in [5.41, 5.74) is 6.64. The van der Waals surface area contributed by atoms with Gasteiger partial charge in [0.25, 0.3) is 0 Å². The van der Waals surface area contributed by atoms with Crippen molar-refractivity contribution < 1.29 is 13.7 Å². The van der Waals surface area contributed by atoms with Gasteiger partial charge in [-0.3, -0.25) is 0 Å².